The van der Waals surface area contributed by atoms with Gasteiger partial charge in [-0.25, -0.2) is 0 Å². The molecule has 0 amide bonds. The standard InChI is InChI=1S/C58H62BN3.C58H64ClN3.I2/c1-55(2,3)39-23-29-45(30-24-39)61-50-33-27-41(57(7,8)9)35-48(50)59-49-36-42(58(10,11)12)28-34-51(49)62(46-31-25-40(26-32-46)56(4,5)6)53-38-47(37-52(61)54(53)59)60(43-19-15-13-16-20-43)44-21-17-14-18-22-44;1-55(2,3)41-23-31-47(32-24-41)61(48-33-25-42(26-34-48)56(4,5)6)52-39-51(60(45-19-15-13-16-20-45)46-21-17-14-18-22-46)40-53(54(52)59)62(49-35-27-43(28-36-49)57(7,8)9)50-37-29-44(30-38-50)58(10,11)12;1-2/h13-38H,1-12H3;13-40H,1-12H3;/i23D,24D,25D,26D,29D,30D,31D,32D;23D,24D,27D,28D,31D,32D,35D,36D;. The molecule has 2 heterocycles. The minimum atomic E-state index is -0.727. The highest BCUT2D eigenvalue weighted by Crippen LogP contribution is 2.54. The van der Waals surface area contributed by atoms with Gasteiger partial charge in [0, 0.05) is 117 Å². The van der Waals surface area contributed by atoms with Gasteiger partial charge in [0.1, 0.15) is 0 Å². The lowest BCUT2D eigenvalue weighted by molar-refractivity contribution is 0.590. The summed E-state index contributed by atoms with van der Waals surface area (Å²) in [5.41, 5.74) is 13.0. The maximum Gasteiger partial charge on any atom is 0.252 e. The second-order valence-electron chi connectivity index (χ2n) is 41.0. The molecular formula is C116H126BClI2N6. The van der Waals surface area contributed by atoms with Crippen LogP contribution in [0, 0.1) is 0 Å². The van der Waals surface area contributed by atoms with Crippen molar-refractivity contribution in [1.29, 1.82) is 0 Å². The molecule has 0 aromatic heterocycles. The fourth-order valence-corrected chi connectivity index (χ4v) is 16.2. The largest absolute Gasteiger partial charge is 0.311 e. The second kappa shape index (κ2) is 36.1. The summed E-state index contributed by atoms with van der Waals surface area (Å²) in [6.07, 6.45) is 0. The first-order valence-electron chi connectivity index (χ1n) is 51.3. The summed E-state index contributed by atoms with van der Waals surface area (Å²) in [6, 6.07) is 72.9. The Bertz CT molecular complexity index is 6570. The fraction of sp³-hybridized carbons (Fsp3) is 0.276. The van der Waals surface area contributed by atoms with E-state index in [1.54, 1.807) is 9.80 Å². The van der Waals surface area contributed by atoms with E-state index < -0.39 is 28.4 Å². The Hall–Kier alpha value is -10.3. The van der Waals surface area contributed by atoms with Gasteiger partial charge in [-0.2, -0.15) is 0 Å². The molecule has 0 radical (unpaired) electrons. The van der Waals surface area contributed by atoms with E-state index in [4.69, 9.17) is 11.6 Å². The lowest BCUT2D eigenvalue weighted by Gasteiger charge is -2.45. The Morgan fingerprint density at radius 3 is 0.738 bits per heavy atom. The summed E-state index contributed by atoms with van der Waals surface area (Å²) in [4.78, 5) is 11.4. The minimum Gasteiger partial charge on any atom is -0.311 e. The SMILES string of the molecule is II.[2H]c1c([2H])c(C(C)(C)C)c([2H])c([2H])c1N(c1ccc(C(C)(C)C)cc1)c1cc(N(c2ccccc2)c2ccccc2)cc(N(c2ccc(C(C)(C)C)cc2)c2c([2H])c([2H])c(C(C)(C)C)c([2H])c2[2H])c1Cl.[2H]c1c([2H])c(C(C)(C)C)c([2H])c([2H])c1N1c2ccc(C(C)(C)C)cc2B2c3cc(C(C)(C)C)ccc3N(c3c([2H])c([2H])c(C(C)(C)C)c([2H])c3[2H])c3cc(N(c4ccccc4)c4ccccc4)cc1c32. The minimum absolute atomic E-state index is 0.0256. The number of anilines is 18. The number of nitrogens with zero attached hydrogens (tertiary/aromatic N) is 6. The maximum atomic E-state index is 9.90. The summed E-state index contributed by atoms with van der Waals surface area (Å²) in [5.74, 6) is 0. The monoisotopic (exact) mass is 1920 g/mol. The van der Waals surface area contributed by atoms with Crippen molar-refractivity contribution in [2.45, 2.75) is 209 Å². The highest BCUT2D eigenvalue weighted by molar-refractivity contribution is 15.0. The van der Waals surface area contributed by atoms with Crippen molar-refractivity contribution in [1.82, 2.24) is 0 Å². The summed E-state index contributed by atoms with van der Waals surface area (Å²) < 4.78 is 155. The normalized spacial score (nSPS) is 14.6. The zero-order valence-electron chi connectivity index (χ0n) is 93.3. The van der Waals surface area contributed by atoms with Crippen LogP contribution in [-0.2, 0) is 43.3 Å². The molecule has 2 aliphatic heterocycles. The van der Waals surface area contributed by atoms with Gasteiger partial charge in [-0.15, -0.1) is 0 Å². The van der Waals surface area contributed by atoms with Crippen LogP contribution in [0.15, 0.2) is 327 Å². The van der Waals surface area contributed by atoms with E-state index in [1.807, 2.05) is 280 Å². The molecule has 0 unspecified atom stereocenters. The van der Waals surface area contributed by atoms with Crippen molar-refractivity contribution in [2.24, 2.45) is 0 Å². The molecule has 644 valence electrons. The van der Waals surface area contributed by atoms with E-state index >= 15 is 0 Å². The maximum absolute atomic E-state index is 9.90. The van der Waals surface area contributed by atoms with Crippen molar-refractivity contribution < 1.29 is 21.9 Å². The van der Waals surface area contributed by atoms with Gasteiger partial charge in [0.05, 0.1) is 49.7 Å². The third kappa shape index (κ3) is 19.6. The van der Waals surface area contributed by atoms with Gasteiger partial charge in [0.15, 0.2) is 0 Å². The van der Waals surface area contributed by atoms with E-state index in [2.05, 4.69) is 174 Å². The van der Waals surface area contributed by atoms with Crippen LogP contribution in [0.4, 0.5) is 102 Å². The molecule has 0 bridgehead atoms. The number of para-hydroxylation sites is 4. The molecule has 0 saturated heterocycles. The molecule has 10 heteroatoms. The Balaban J connectivity index is 0.000000222. The van der Waals surface area contributed by atoms with Gasteiger partial charge in [0.25, 0.3) is 6.71 Å². The van der Waals surface area contributed by atoms with Gasteiger partial charge in [-0.1, -0.05) is 347 Å². The van der Waals surface area contributed by atoms with Crippen LogP contribution in [0.5, 0.6) is 0 Å². The zero-order valence-corrected chi connectivity index (χ0v) is 82.4. The number of fused-ring (bicyclic) bond motifs is 4. The molecule has 0 N–H and O–H groups in total. The average Bonchev–Trinajstić information content (AvgIpc) is 0.682. The molecule has 14 aromatic carbocycles. The van der Waals surface area contributed by atoms with Gasteiger partial charge in [-0.3, -0.25) is 0 Å². The van der Waals surface area contributed by atoms with Crippen molar-refractivity contribution in [3.05, 3.63) is 377 Å². The molecular weight excluding hydrogens is 1780 g/mol. The van der Waals surface area contributed by atoms with Crippen molar-refractivity contribution in [3.63, 3.8) is 0 Å². The van der Waals surface area contributed by atoms with Gasteiger partial charge < -0.3 is 29.4 Å². The first kappa shape index (κ1) is 72.7. The van der Waals surface area contributed by atoms with Crippen LogP contribution < -0.4 is 45.8 Å². The number of hydrogen-bond donors (Lipinski definition) is 0. The van der Waals surface area contributed by atoms with E-state index in [1.165, 1.54) is 0 Å². The third-order valence-electron chi connectivity index (χ3n) is 23.2. The number of rotatable bonds is 14. The lowest BCUT2D eigenvalue weighted by atomic mass is 9.33. The van der Waals surface area contributed by atoms with Crippen molar-refractivity contribution in [2.75, 3.05) is 29.4 Å². The first-order chi connectivity index (χ1) is 66.2. The molecule has 14 aromatic rings. The molecule has 0 spiro atoms. The van der Waals surface area contributed by atoms with Crippen molar-refractivity contribution in [3.8, 4) is 0 Å². The van der Waals surface area contributed by atoms with Crippen LogP contribution in [0.2, 0.25) is 5.02 Å². The highest BCUT2D eigenvalue weighted by Gasteiger charge is 2.46. The first-order valence-corrected chi connectivity index (χ1v) is 50.0. The Kier molecular flexibility index (Phi) is 20.8. The Morgan fingerprint density at radius 1 is 0.238 bits per heavy atom. The topological polar surface area (TPSA) is 19.4 Å². The third-order valence-corrected chi connectivity index (χ3v) is 23.6. The van der Waals surface area contributed by atoms with E-state index in [-0.39, 0.29) is 169 Å². The van der Waals surface area contributed by atoms with Crippen LogP contribution in [-0.4, -0.2) is 6.71 Å². The predicted octanol–water partition coefficient (Wildman–Crippen LogP) is 34.1. The summed E-state index contributed by atoms with van der Waals surface area (Å²) in [7, 11) is 0. The quantitative estimate of drug-likeness (QED) is 0.0793. The number of hydrogen-bond acceptors (Lipinski definition) is 6. The van der Waals surface area contributed by atoms with Crippen molar-refractivity contribution >= 4 is 174 Å². The number of halogens is 3. The molecule has 0 atom stereocenters. The molecule has 2 aliphatic rings. The van der Waals surface area contributed by atoms with Gasteiger partial charge in [0.2, 0.25) is 0 Å². The van der Waals surface area contributed by atoms with Gasteiger partial charge in [-0.05, 0) is 262 Å². The highest BCUT2D eigenvalue weighted by atomic mass is 128. The molecule has 0 saturated carbocycles. The molecule has 16 rings (SSSR count). The van der Waals surface area contributed by atoms with E-state index in [9.17, 15) is 21.9 Å². The fourth-order valence-electron chi connectivity index (χ4n) is 15.9. The summed E-state index contributed by atoms with van der Waals surface area (Å²) >= 11 is 12.3. The predicted molar refractivity (Wildman–Crippen MR) is 568 cm³/mol. The molecule has 6 nitrogen and oxygen atoms in total. The number of benzene rings is 14. The van der Waals surface area contributed by atoms with Gasteiger partial charge >= 0.3 is 0 Å². The Labute approximate surface area is 806 Å². The van der Waals surface area contributed by atoms with Crippen LogP contribution in [0.3, 0.4) is 0 Å². The smallest absolute Gasteiger partial charge is 0.252 e. The summed E-state index contributed by atoms with van der Waals surface area (Å²) in [6.45, 7) is 48.0. The van der Waals surface area contributed by atoms with E-state index in [0.29, 0.717) is 56.6 Å². The average molecular weight is 1920 g/mol. The van der Waals surface area contributed by atoms with Crippen LogP contribution in [0.1, 0.15) is 233 Å². The van der Waals surface area contributed by atoms with E-state index in [0.717, 1.165) is 61.4 Å². The molecule has 0 fully saturated rings. The summed E-state index contributed by atoms with van der Waals surface area (Å²) in [5, 5.41) is 0.0816. The van der Waals surface area contributed by atoms with Crippen LogP contribution >= 0.6 is 48.8 Å². The zero-order chi connectivity index (χ0) is 104. The molecule has 0 aliphatic carbocycles. The lowest BCUT2D eigenvalue weighted by Crippen LogP contribution is -2.61. The molecule has 126 heavy (non-hydrogen) atoms. The van der Waals surface area contributed by atoms with Crippen LogP contribution in [0.25, 0.3) is 0 Å². The second-order valence-corrected chi connectivity index (χ2v) is 41.4. The Morgan fingerprint density at radius 2 is 0.476 bits per heavy atom.